The second kappa shape index (κ2) is 3.58. The zero-order valence-electron chi connectivity index (χ0n) is 4.15. The van der Waals surface area contributed by atoms with Crippen LogP contribution in [0.2, 0.25) is 0 Å². The van der Waals surface area contributed by atoms with Crippen molar-refractivity contribution in [2.24, 2.45) is 5.73 Å². The first-order chi connectivity index (χ1) is 2.77. The van der Waals surface area contributed by atoms with Crippen LogP contribution in [0.25, 0.3) is 0 Å². The van der Waals surface area contributed by atoms with Crippen molar-refractivity contribution in [1.82, 2.24) is 0 Å². The van der Waals surface area contributed by atoms with E-state index in [4.69, 9.17) is 5.73 Å². The topological polar surface area (TPSA) is 26.0 Å². The molecule has 0 saturated heterocycles. The van der Waals surface area contributed by atoms with E-state index in [9.17, 15) is 0 Å². The van der Waals surface area contributed by atoms with Gasteiger partial charge in [0.05, 0.1) is 0 Å². The van der Waals surface area contributed by atoms with Gasteiger partial charge in [0.25, 0.3) is 0 Å². The molecule has 0 saturated carbocycles. The number of nitrogens with two attached hydrogens (primary N) is 1. The predicted octanol–water partition coefficient (Wildman–Crippen LogP) is 0.946. The van der Waals surface area contributed by atoms with E-state index in [0.717, 1.165) is 6.42 Å². The summed E-state index contributed by atoms with van der Waals surface area (Å²) in [5.74, 6) is 0.315. The molecule has 0 aromatic carbocycles. The molecule has 0 aliphatic rings. The fourth-order valence-corrected chi connectivity index (χ4v) is 0.667. The van der Waals surface area contributed by atoms with Crippen molar-refractivity contribution in [3.8, 4) is 0 Å². The lowest BCUT2D eigenvalue weighted by atomic mass is 10.3. The van der Waals surface area contributed by atoms with Crippen LogP contribution in [0.1, 0.15) is 19.8 Å². The Balaban J connectivity index is 2.63. The van der Waals surface area contributed by atoms with Crippen LogP contribution in [0.15, 0.2) is 0 Å². The normalized spacial score (nSPS) is 14.5. The molecule has 0 rings (SSSR count). The van der Waals surface area contributed by atoms with E-state index >= 15 is 0 Å². The molecule has 2 unspecified atom stereocenters. The third-order valence-electron chi connectivity index (χ3n) is 0.622. The molecule has 2 heteroatoms. The first-order valence-electron chi connectivity index (χ1n) is 2.28. The summed E-state index contributed by atoms with van der Waals surface area (Å²) in [6, 6.07) is 0. The largest absolute Gasteiger partial charge is 0.324 e. The molecule has 0 aliphatic carbocycles. The first-order valence-corrected chi connectivity index (χ1v) is 2.95. The summed E-state index contributed by atoms with van der Waals surface area (Å²) in [4.78, 5) is 0. The maximum atomic E-state index is 5.37. The Labute approximate surface area is 41.5 Å². The van der Waals surface area contributed by atoms with E-state index in [1.165, 1.54) is 6.42 Å². The Morgan fingerprint density at radius 1 is 1.83 bits per heavy atom. The van der Waals surface area contributed by atoms with Crippen molar-refractivity contribution in [2.45, 2.75) is 25.5 Å². The van der Waals surface area contributed by atoms with Gasteiger partial charge in [0.2, 0.25) is 0 Å². The van der Waals surface area contributed by atoms with Gasteiger partial charge in [-0.2, -0.15) is 0 Å². The van der Waals surface area contributed by atoms with Crippen molar-refractivity contribution in [3.63, 3.8) is 0 Å². The van der Waals surface area contributed by atoms with Gasteiger partial charge in [-0.15, -0.1) is 9.24 Å². The van der Waals surface area contributed by atoms with Gasteiger partial charge in [-0.25, -0.2) is 0 Å². The molecule has 2 atom stereocenters. The minimum absolute atomic E-state index is 0.315. The van der Waals surface area contributed by atoms with Gasteiger partial charge in [-0.05, 0) is 6.42 Å². The van der Waals surface area contributed by atoms with E-state index < -0.39 is 0 Å². The van der Waals surface area contributed by atoms with E-state index in [1.807, 2.05) is 0 Å². The molecule has 2 N–H and O–H groups in total. The molecule has 0 radical (unpaired) electrons. The zero-order valence-corrected chi connectivity index (χ0v) is 5.30. The summed E-state index contributed by atoms with van der Waals surface area (Å²) in [5, 5.41) is 0. The van der Waals surface area contributed by atoms with Crippen molar-refractivity contribution in [1.29, 1.82) is 0 Å². The molecular formula is C4H12NP. The fourth-order valence-electron chi connectivity index (χ4n) is 0.333. The SMILES string of the molecule is CCCC(N)P. The van der Waals surface area contributed by atoms with Crippen LogP contribution in [-0.4, -0.2) is 5.78 Å². The van der Waals surface area contributed by atoms with Crippen LogP contribution < -0.4 is 5.73 Å². The summed E-state index contributed by atoms with van der Waals surface area (Å²) in [6.45, 7) is 2.13. The summed E-state index contributed by atoms with van der Waals surface area (Å²) >= 11 is 0. The molecule has 0 aromatic rings. The van der Waals surface area contributed by atoms with E-state index in [2.05, 4.69) is 16.2 Å². The quantitative estimate of drug-likeness (QED) is 0.520. The highest BCUT2D eigenvalue weighted by molar-refractivity contribution is 7.17. The smallest absolute Gasteiger partial charge is 0.0184 e. The standard InChI is InChI=1S/C4H12NP/c1-2-3-4(5)6/h4H,2-3,5-6H2,1H3. The Morgan fingerprint density at radius 3 is 2.33 bits per heavy atom. The van der Waals surface area contributed by atoms with Crippen molar-refractivity contribution in [2.75, 3.05) is 0 Å². The van der Waals surface area contributed by atoms with Gasteiger partial charge in [0, 0.05) is 5.78 Å². The molecular weight excluding hydrogens is 93.0 g/mol. The van der Waals surface area contributed by atoms with Gasteiger partial charge in [0.15, 0.2) is 0 Å². The molecule has 0 aromatic heterocycles. The third-order valence-corrected chi connectivity index (χ3v) is 0.955. The average Bonchev–Trinajstić information content (AvgIpc) is 1.35. The van der Waals surface area contributed by atoms with Crippen LogP contribution in [0.5, 0.6) is 0 Å². The third kappa shape index (κ3) is 4.39. The Morgan fingerprint density at radius 2 is 2.33 bits per heavy atom. The molecule has 1 nitrogen and oxygen atoms in total. The number of hydrogen-bond donors (Lipinski definition) is 1. The molecule has 38 valence electrons. The van der Waals surface area contributed by atoms with Gasteiger partial charge in [-0.3, -0.25) is 0 Å². The lowest BCUT2D eigenvalue weighted by Gasteiger charge is -1.96. The predicted molar refractivity (Wildman–Crippen MR) is 32.6 cm³/mol. The maximum absolute atomic E-state index is 5.37. The van der Waals surface area contributed by atoms with Crippen LogP contribution >= 0.6 is 9.24 Å². The van der Waals surface area contributed by atoms with Crippen molar-refractivity contribution in [3.05, 3.63) is 0 Å². The Bertz CT molecular complexity index is 28.7. The average molecular weight is 105 g/mol. The van der Waals surface area contributed by atoms with E-state index in [0.29, 0.717) is 5.78 Å². The maximum Gasteiger partial charge on any atom is 0.0184 e. The molecule has 0 heterocycles. The molecule has 0 fully saturated rings. The van der Waals surface area contributed by atoms with Crippen LogP contribution in [0.4, 0.5) is 0 Å². The highest BCUT2D eigenvalue weighted by Gasteiger charge is 1.85. The fraction of sp³-hybridized carbons (Fsp3) is 1.00. The Kier molecular flexibility index (Phi) is 3.81. The second-order valence-electron chi connectivity index (χ2n) is 1.45. The number of rotatable bonds is 2. The monoisotopic (exact) mass is 105 g/mol. The molecule has 6 heavy (non-hydrogen) atoms. The summed E-state index contributed by atoms with van der Waals surface area (Å²) in [6.07, 6.45) is 2.30. The van der Waals surface area contributed by atoms with Gasteiger partial charge < -0.3 is 5.73 Å². The Hall–Kier alpha value is 0.390. The highest BCUT2D eigenvalue weighted by Crippen LogP contribution is 1.98. The van der Waals surface area contributed by atoms with Gasteiger partial charge >= 0.3 is 0 Å². The van der Waals surface area contributed by atoms with Crippen molar-refractivity contribution < 1.29 is 0 Å². The second-order valence-corrected chi connectivity index (χ2v) is 2.31. The van der Waals surface area contributed by atoms with Gasteiger partial charge in [-0.1, -0.05) is 13.3 Å². The molecule has 0 bridgehead atoms. The van der Waals surface area contributed by atoms with Crippen LogP contribution in [0, 0.1) is 0 Å². The lowest BCUT2D eigenvalue weighted by Crippen LogP contribution is -2.08. The lowest BCUT2D eigenvalue weighted by molar-refractivity contribution is 0.765. The van der Waals surface area contributed by atoms with Crippen LogP contribution in [0.3, 0.4) is 0 Å². The molecule has 0 aliphatic heterocycles. The highest BCUT2D eigenvalue weighted by atomic mass is 31.0. The first kappa shape index (κ1) is 6.39. The zero-order chi connectivity index (χ0) is 4.99. The minimum atomic E-state index is 0.315. The van der Waals surface area contributed by atoms with Crippen LogP contribution in [-0.2, 0) is 0 Å². The molecule has 0 spiro atoms. The summed E-state index contributed by atoms with van der Waals surface area (Å²) in [7, 11) is 2.56. The van der Waals surface area contributed by atoms with E-state index in [-0.39, 0.29) is 0 Å². The minimum Gasteiger partial charge on any atom is -0.324 e. The van der Waals surface area contributed by atoms with Gasteiger partial charge in [0.1, 0.15) is 0 Å². The summed E-state index contributed by atoms with van der Waals surface area (Å²) in [5.41, 5.74) is 5.37. The van der Waals surface area contributed by atoms with E-state index in [1.54, 1.807) is 0 Å². The molecule has 0 amide bonds. The number of hydrogen-bond acceptors (Lipinski definition) is 1. The van der Waals surface area contributed by atoms with Crippen molar-refractivity contribution >= 4 is 9.24 Å². The summed E-state index contributed by atoms with van der Waals surface area (Å²) < 4.78 is 0.